The van der Waals surface area contributed by atoms with E-state index in [1.807, 2.05) is 7.05 Å². The maximum absolute atomic E-state index is 15.5. The van der Waals surface area contributed by atoms with Gasteiger partial charge in [-0.05, 0) is 63.1 Å². The van der Waals surface area contributed by atoms with Crippen LogP contribution in [0.15, 0.2) is 47.5 Å². The highest BCUT2D eigenvalue weighted by atomic mass is 19.1. The van der Waals surface area contributed by atoms with E-state index in [1.165, 1.54) is 34.9 Å². The van der Waals surface area contributed by atoms with Gasteiger partial charge in [0.25, 0.3) is 5.56 Å². The minimum absolute atomic E-state index is 0.0399. The molecule has 3 aromatic rings. The van der Waals surface area contributed by atoms with E-state index in [0.29, 0.717) is 81.9 Å². The molecule has 9 nitrogen and oxygen atoms in total. The van der Waals surface area contributed by atoms with Gasteiger partial charge in [-0.1, -0.05) is 12.8 Å². The minimum Gasteiger partial charge on any atom is -0.383 e. The molecule has 2 aromatic heterocycles. The number of nitrogens with zero attached hydrogens (tertiary/aromatic N) is 5. The second-order valence-corrected chi connectivity index (χ2v) is 12.4. The van der Waals surface area contributed by atoms with Crippen molar-refractivity contribution in [2.45, 2.75) is 62.7 Å². The zero-order valence-electron chi connectivity index (χ0n) is 26.1. The second kappa shape index (κ2) is 14.8. The summed E-state index contributed by atoms with van der Waals surface area (Å²) in [5.74, 6) is -1.44. The van der Waals surface area contributed by atoms with Crippen LogP contribution >= 0.6 is 0 Å². The van der Waals surface area contributed by atoms with Gasteiger partial charge >= 0.3 is 0 Å². The average molecular weight is 629 g/mol. The largest absolute Gasteiger partial charge is 0.383 e. The summed E-state index contributed by atoms with van der Waals surface area (Å²) >= 11 is 0. The van der Waals surface area contributed by atoms with Crippen LogP contribution in [0.2, 0.25) is 0 Å². The number of hydrogen-bond donors (Lipinski definition) is 1. The van der Waals surface area contributed by atoms with Crippen molar-refractivity contribution >= 4 is 12.1 Å². The Morgan fingerprint density at radius 2 is 1.91 bits per heavy atom. The van der Waals surface area contributed by atoms with Gasteiger partial charge in [-0.15, -0.1) is 0 Å². The summed E-state index contributed by atoms with van der Waals surface area (Å²) in [6, 6.07) is 5.96. The molecule has 1 amide bonds. The molecule has 1 spiro atoms. The molecule has 1 N–H and O–H groups in total. The molecule has 5 rings (SSSR count). The van der Waals surface area contributed by atoms with Gasteiger partial charge in [0.15, 0.2) is 0 Å². The molecule has 1 saturated heterocycles. The first-order valence-corrected chi connectivity index (χ1v) is 15.7. The summed E-state index contributed by atoms with van der Waals surface area (Å²) in [6.07, 6.45) is 8.48. The van der Waals surface area contributed by atoms with Crippen molar-refractivity contribution in [2.75, 3.05) is 53.5 Å². The lowest BCUT2D eigenvalue weighted by Crippen LogP contribution is -2.61. The number of carbonyl (C=O) groups excluding carboxylic acids is 1. The summed E-state index contributed by atoms with van der Waals surface area (Å²) < 4.78 is 50.7. The first-order valence-electron chi connectivity index (χ1n) is 15.7. The van der Waals surface area contributed by atoms with Crippen molar-refractivity contribution in [2.24, 2.45) is 0 Å². The number of pyridine rings is 1. The first kappa shape index (κ1) is 33.1. The third-order valence-electron chi connectivity index (χ3n) is 9.69. The van der Waals surface area contributed by atoms with Gasteiger partial charge in [0.2, 0.25) is 6.41 Å². The number of nitrogens with one attached hydrogen (secondary N) is 1. The van der Waals surface area contributed by atoms with E-state index in [0.717, 1.165) is 31.7 Å². The van der Waals surface area contributed by atoms with E-state index >= 15 is 4.39 Å². The summed E-state index contributed by atoms with van der Waals surface area (Å²) in [5, 5.41) is 2.74. The number of amides is 1. The van der Waals surface area contributed by atoms with E-state index in [1.54, 1.807) is 13.3 Å². The number of methoxy groups -OCH3 is 1. The average Bonchev–Trinajstić information content (AvgIpc) is 3.50. The summed E-state index contributed by atoms with van der Waals surface area (Å²) in [6.45, 7) is 3.84. The predicted octanol–water partition coefficient (Wildman–Crippen LogP) is 3.76. The number of rotatable bonds is 14. The van der Waals surface area contributed by atoms with Crippen molar-refractivity contribution in [3.05, 3.63) is 81.7 Å². The molecule has 1 saturated carbocycles. The molecule has 0 bridgehead atoms. The number of hydrogen-bond acceptors (Lipinski definition) is 7. The van der Waals surface area contributed by atoms with Crippen LogP contribution in [-0.2, 0) is 16.1 Å². The van der Waals surface area contributed by atoms with E-state index in [4.69, 9.17) is 4.74 Å². The van der Waals surface area contributed by atoms with Gasteiger partial charge in [0, 0.05) is 82.0 Å². The predicted molar refractivity (Wildman–Crippen MR) is 165 cm³/mol. The minimum atomic E-state index is -0.506. The molecule has 12 heteroatoms. The van der Waals surface area contributed by atoms with E-state index < -0.39 is 23.5 Å². The lowest BCUT2D eigenvalue weighted by atomic mass is 9.87. The molecule has 244 valence electrons. The molecule has 45 heavy (non-hydrogen) atoms. The van der Waals surface area contributed by atoms with Crippen molar-refractivity contribution < 1.29 is 22.7 Å². The van der Waals surface area contributed by atoms with Gasteiger partial charge < -0.3 is 15.0 Å². The molecule has 3 heterocycles. The van der Waals surface area contributed by atoms with Crippen LogP contribution in [0.4, 0.5) is 13.2 Å². The molecule has 2 atom stereocenters. The van der Waals surface area contributed by atoms with Crippen LogP contribution in [0.1, 0.15) is 55.7 Å². The van der Waals surface area contributed by atoms with Gasteiger partial charge in [-0.25, -0.2) is 18.2 Å². The fourth-order valence-corrected chi connectivity index (χ4v) is 7.21. The van der Waals surface area contributed by atoms with Crippen LogP contribution < -0.4 is 10.9 Å². The Bertz CT molecular complexity index is 1510. The standard InChI is InChI=1S/C33H43F3N6O3/c1-39(15-16-45-2)27(9-12-37-23-43)18-30(28-17-25(34)5-7-29(28)36)40-13-14-41(33(22-40)10-3-4-11-33)20-24-19-38-31-8-6-26(35)21-42(31)32(24)44/h5-8,17,19,21,23,27,30H,3-4,9-16,18,20,22H2,1-2H3,(H,37,43). The Hall–Kier alpha value is -3.32. The zero-order chi connectivity index (χ0) is 32.0. The molecule has 1 aliphatic heterocycles. The molecular formula is C33H43F3N6O3. The first-order chi connectivity index (χ1) is 21.7. The smallest absolute Gasteiger partial charge is 0.262 e. The third-order valence-corrected chi connectivity index (χ3v) is 9.69. The molecule has 1 aromatic carbocycles. The highest BCUT2D eigenvalue weighted by Crippen LogP contribution is 2.42. The van der Waals surface area contributed by atoms with Crippen LogP contribution in [0.3, 0.4) is 0 Å². The Morgan fingerprint density at radius 1 is 1.13 bits per heavy atom. The highest BCUT2D eigenvalue weighted by Gasteiger charge is 2.46. The summed E-state index contributed by atoms with van der Waals surface area (Å²) in [7, 11) is 3.63. The van der Waals surface area contributed by atoms with Crippen molar-refractivity contribution in [3.8, 4) is 0 Å². The molecular weight excluding hydrogens is 585 g/mol. The summed E-state index contributed by atoms with van der Waals surface area (Å²) in [5.41, 5.74) is 0.654. The quantitative estimate of drug-likeness (QED) is 0.215. The Morgan fingerprint density at radius 3 is 2.67 bits per heavy atom. The Labute approximate surface area is 262 Å². The van der Waals surface area contributed by atoms with Gasteiger partial charge in [0.1, 0.15) is 23.1 Å². The number of likely N-dealkylation sites (N-methyl/N-ethyl adjacent to an activating group) is 1. The topological polar surface area (TPSA) is 82.4 Å². The van der Waals surface area contributed by atoms with E-state index in [2.05, 4.69) is 25.0 Å². The Balaban J connectivity index is 1.44. The fourth-order valence-electron chi connectivity index (χ4n) is 7.21. The lowest BCUT2D eigenvalue weighted by molar-refractivity contribution is -0.109. The van der Waals surface area contributed by atoms with Crippen molar-refractivity contribution in [3.63, 3.8) is 0 Å². The molecule has 2 unspecified atom stereocenters. The number of carbonyl (C=O) groups is 1. The summed E-state index contributed by atoms with van der Waals surface area (Å²) in [4.78, 5) is 35.6. The molecule has 2 aliphatic rings. The van der Waals surface area contributed by atoms with Crippen LogP contribution in [0.5, 0.6) is 0 Å². The van der Waals surface area contributed by atoms with Crippen LogP contribution in [0, 0.1) is 17.5 Å². The van der Waals surface area contributed by atoms with E-state index in [9.17, 15) is 18.4 Å². The number of ether oxygens (including phenoxy) is 1. The van der Waals surface area contributed by atoms with Crippen molar-refractivity contribution in [1.29, 1.82) is 0 Å². The van der Waals surface area contributed by atoms with Crippen molar-refractivity contribution in [1.82, 2.24) is 29.4 Å². The Kier molecular flexibility index (Phi) is 10.9. The number of halogens is 3. The van der Waals surface area contributed by atoms with Crippen LogP contribution in [0.25, 0.3) is 5.65 Å². The van der Waals surface area contributed by atoms with Crippen LogP contribution in [-0.4, -0.2) is 95.6 Å². The normalized spacial score (nSPS) is 18.5. The number of benzene rings is 1. The lowest BCUT2D eigenvalue weighted by Gasteiger charge is -2.52. The SMILES string of the molecule is COCCN(C)C(CCNC=O)CC(c1cc(F)ccc1F)N1CCN(Cc2cnc3ccc(F)cn3c2=O)C2(CCCC2)C1. The number of fused-ring (bicyclic) bond motifs is 1. The number of piperazine rings is 1. The van der Waals surface area contributed by atoms with Gasteiger partial charge in [0.05, 0.1) is 12.2 Å². The molecule has 2 fully saturated rings. The van der Waals surface area contributed by atoms with E-state index in [-0.39, 0.29) is 17.1 Å². The highest BCUT2D eigenvalue weighted by molar-refractivity contribution is 5.45. The maximum Gasteiger partial charge on any atom is 0.262 e. The van der Waals surface area contributed by atoms with Gasteiger partial charge in [-0.2, -0.15) is 0 Å². The zero-order valence-corrected chi connectivity index (χ0v) is 26.1. The number of aromatic nitrogens is 2. The van der Waals surface area contributed by atoms with Gasteiger partial charge in [-0.3, -0.25) is 23.8 Å². The molecule has 1 aliphatic carbocycles. The monoisotopic (exact) mass is 628 g/mol. The maximum atomic E-state index is 15.5. The third kappa shape index (κ3) is 7.57. The second-order valence-electron chi connectivity index (χ2n) is 12.4. The fraction of sp³-hybridized carbons (Fsp3) is 0.545. The molecule has 0 radical (unpaired) electrons.